The van der Waals surface area contributed by atoms with E-state index in [1.165, 1.54) is 6.07 Å². The summed E-state index contributed by atoms with van der Waals surface area (Å²) < 4.78 is 34.0. The fraction of sp³-hybridized carbons (Fsp3) is 0.150. The molecule has 0 aliphatic heterocycles. The zero-order chi connectivity index (χ0) is 18.7. The van der Waals surface area contributed by atoms with Gasteiger partial charge >= 0.3 is 0 Å². The van der Waals surface area contributed by atoms with E-state index < -0.39 is 11.6 Å². The monoisotopic (exact) mass is 419 g/mol. The Hall–Kier alpha value is -2.47. The van der Waals surface area contributed by atoms with Crippen LogP contribution in [-0.4, -0.2) is 4.57 Å². The van der Waals surface area contributed by atoms with Gasteiger partial charge in [0.05, 0.1) is 6.54 Å². The van der Waals surface area contributed by atoms with Gasteiger partial charge in [-0.1, -0.05) is 29.8 Å². The molecule has 2 aromatic carbocycles. The maximum absolute atomic E-state index is 13.7. The van der Waals surface area contributed by atoms with E-state index in [-0.39, 0.29) is 22.2 Å². The van der Waals surface area contributed by atoms with Crippen LogP contribution in [0.3, 0.4) is 0 Å². The average molecular weight is 420 g/mol. The summed E-state index contributed by atoms with van der Waals surface area (Å²) in [5, 5.41) is 0. The van der Waals surface area contributed by atoms with Crippen molar-refractivity contribution in [1.29, 1.82) is 0 Å². The van der Waals surface area contributed by atoms with Crippen molar-refractivity contribution in [2.75, 3.05) is 0 Å². The number of nitrogens with zero attached hydrogens (tertiary/aromatic N) is 1. The molecule has 0 unspecified atom stereocenters. The first kappa shape index (κ1) is 18.3. The molecule has 0 N–H and O–H groups in total. The summed E-state index contributed by atoms with van der Waals surface area (Å²) in [4.78, 5) is 12.5. The Morgan fingerprint density at radius 1 is 1.12 bits per heavy atom. The molecule has 0 aliphatic rings. The van der Waals surface area contributed by atoms with Gasteiger partial charge in [0.15, 0.2) is 0 Å². The molecule has 26 heavy (non-hydrogen) atoms. The fourth-order valence-electron chi connectivity index (χ4n) is 2.57. The Kier molecular flexibility index (Phi) is 5.52. The van der Waals surface area contributed by atoms with Gasteiger partial charge in [0, 0.05) is 17.8 Å². The first-order chi connectivity index (χ1) is 12.4. The molecular weight excluding hydrogens is 404 g/mol. The quantitative estimate of drug-likeness (QED) is 0.593. The third kappa shape index (κ3) is 4.19. The molecule has 0 amide bonds. The van der Waals surface area contributed by atoms with Gasteiger partial charge in [-0.15, -0.1) is 0 Å². The first-order valence-corrected chi connectivity index (χ1v) is 8.74. The van der Waals surface area contributed by atoms with Crippen LogP contribution in [0.4, 0.5) is 8.78 Å². The van der Waals surface area contributed by atoms with E-state index >= 15 is 0 Å². The van der Waals surface area contributed by atoms with Crippen LogP contribution >= 0.6 is 15.9 Å². The summed E-state index contributed by atoms with van der Waals surface area (Å²) in [5.41, 5.74) is 2.10. The van der Waals surface area contributed by atoms with Crippen molar-refractivity contribution in [2.45, 2.75) is 20.1 Å². The minimum Gasteiger partial charge on any atom is -0.487 e. The molecule has 0 saturated heterocycles. The van der Waals surface area contributed by atoms with Gasteiger partial charge in [0.2, 0.25) is 0 Å². The summed E-state index contributed by atoms with van der Waals surface area (Å²) >= 11 is 3.25. The molecule has 0 bridgehead atoms. The third-order valence-electron chi connectivity index (χ3n) is 3.90. The van der Waals surface area contributed by atoms with E-state index in [2.05, 4.69) is 15.9 Å². The van der Waals surface area contributed by atoms with E-state index in [1.54, 1.807) is 16.8 Å². The minimum absolute atomic E-state index is 0.105. The highest BCUT2D eigenvalue weighted by Crippen LogP contribution is 2.22. The number of aromatic nitrogens is 1. The maximum Gasteiger partial charge on any atom is 0.268 e. The number of rotatable bonds is 5. The van der Waals surface area contributed by atoms with Crippen molar-refractivity contribution in [3.05, 3.63) is 97.9 Å². The number of hydrogen-bond donors (Lipinski definition) is 0. The van der Waals surface area contributed by atoms with Crippen LogP contribution in [0.15, 0.2) is 64.0 Å². The summed E-state index contributed by atoms with van der Waals surface area (Å²) in [6.07, 6.45) is 1.63. The van der Waals surface area contributed by atoms with Crippen LogP contribution < -0.4 is 10.3 Å². The second-order valence-corrected chi connectivity index (χ2v) is 6.73. The molecule has 0 fully saturated rings. The normalized spacial score (nSPS) is 10.8. The highest BCUT2D eigenvalue weighted by molar-refractivity contribution is 9.10. The molecule has 6 heteroatoms. The van der Waals surface area contributed by atoms with Crippen LogP contribution in [0.5, 0.6) is 5.75 Å². The van der Waals surface area contributed by atoms with E-state index in [0.717, 1.165) is 23.3 Å². The number of ether oxygens (including phenoxy) is 1. The van der Waals surface area contributed by atoms with E-state index in [1.807, 2.05) is 31.2 Å². The Bertz CT molecular complexity index is 1000. The molecule has 0 spiro atoms. The average Bonchev–Trinajstić information content (AvgIpc) is 2.60. The highest BCUT2D eigenvalue weighted by atomic mass is 79.9. The lowest BCUT2D eigenvalue weighted by atomic mass is 10.1. The minimum atomic E-state index is -0.686. The van der Waals surface area contributed by atoms with Crippen LogP contribution in [0, 0.1) is 18.6 Å². The second kappa shape index (κ2) is 7.83. The molecule has 1 heterocycles. The summed E-state index contributed by atoms with van der Waals surface area (Å²) in [5.74, 6) is -1.03. The van der Waals surface area contributed by atoms with Crippen molar-refractivity contribution in [3.8, 4) is 5.75 Å². The lowest BCUT2D eigenvalue weighted by Crippen LogP contribution is -2.21. The summed E-state index contributed by atoms with van der Waals surface area (Å²) in [6, 6.07) is 12.8. The molecule has 3 aromatic rings. The Morgan fingerprint density at radius 2 is 1.92 bits per heavy atom. The van der Waals surface area contributed by atoms with Gasteiger partial charge in [-0.05, 0) is 46.6 Å². The van der Waals surface area contributed by atoms with Crippen molar-refractivity contribution in [3.63, 3.8) is 0 Å². The molecule has 0 atom stereocenters. The first-order valence-electron chi connectivity index (χ1n) is 7.95. The van der Waals surface area contributed by atoms with E-state index in [9.17, 15) is 13.6 Å². The Morgan fingerprint density at radius 3 is 2.65 bits per heavy atom. The van der Waals surface area contributed by atoms with Crippen molar-refractivity contribution >= 4 is 15.9 Å². The van der Waals surface area contributed by atoms with Gasteiger partial charge in [-0.2, -0.15) is 0 Å². The standard InChI is InChI=1S/C20H16BrF2NO2/c1-13-3-2-4-14(9-13)11-24-8-7-18(19(21)20(24)25)26-12-15-5-6-16(22)10-17(15)23/h2-10H,11-12H2,1H3. The molecule has 3 nitrogen and oxygen atoms in total. The van der Waals surface area contributed by atoms with E-state index in [4.69, 9.17) is 4.74 Å². The fourth-order valence-corrected chi connectivity index (χ4v) is 3.04. The molecule has 0 saturated carbocycles. The maximum atomic E-state index is 13.7. The van der Waals surface area contributed by atoms with E-state index in [0.29, 0.717) is 12.3 Å². The lowest BCUT2D eigenvalue weighted by molar-refractivity contribution is 0.296. The number of aryl methyl sites for hydroxylation is 1. The number of benzene rings is 2. The number of halogens is 3. The molecule has 0 aliphatic carbocycles. The summed E-state index contributed by atoms with van der Waals surface area (Å²) in [7, 11) is 0. The van der Waals surface area contributed by atoms with Crippen molar-refractivity contribution < 1.29 is 13.5 Å². The number of hydrogen-bond acceptors (Lipinski definition) is 2. The zero-order valence-corrected chi connectivity index (χ0v) is 15.6. The van der Waals surface area contributed by atoms with Gasteiger partial charge < -0.3 is 9.30 Å². The SMILES string of the molecule is Cc1cccc(Cn2ccc(OCc3ccc(F)cc3F)c(Br)c2=O)c1. The Labute approximate surface area is 158 Å². The highest BCUT2D eigenvalue weighted by Gasteiger charge is 2.11. The second-order valence-electron chi connectivity index (χ2n) is 5.94. The molecule has 134 valence electrons. The third-order valence-corrected chi connectivity index (χ3v) is 4.63. The van der Waals surface area contributed by atoms with Gasteiger partial charge in [-0.3, -0.25) is 4.79 Å². The van der Waals surface area contributed by atoms with Gasteiger partial charge in [0.25, 0.3) is 5.56 Å². The predicted molar refractivity (Wildman–Crippen MR) is 99.4 cm³/mol. The molecule has 3 rings (SSSR count). The molecule has 1 aromatic heterocycles. The molecular formula is C20H16BrF2NO2. The largest absolute Gasteiger partial charge is 0.487 e. The Balaban J connectivity index is 1.78. The predicted octanol–water partition coefficient (Wildman–Crippen LogP) is 4.82. The topological polar surface area (TPSA) is 31.2 Å². The van der Waals surface area contributed by atoms with Crippen LogP contribution in [0.2, 0.25) is 0 Å². The van der Waals surface area contributed by atoms with Crippen LogP contribution in [0.1, 0.15) is 16.7 Å². The smallest absolute Gasteiger partial charge is 0.268 e. The van der Waals surface area contributed by atoms with Crippen molar-refractivity contribution in [2.24, 2.45) is 0 Å². The lowest BCUT2D eigenvalue weighted by Gasteiger charge is -2.12. The zero-order valence-electron chi connectivity index (χ0n) is 14.0. The van der Waals surface area contributed by atoms with Crippen LogP contribution in [-0.2, 0) is 13.2 Å². The summed E-state index contributed by atoms with van der Waals surface area (Å²) in [6.45, 7) is 2.33. The van der Waals surface area contributed by atoms with Gasteiger partial charge in [0.1, 0.15) is 28.5 Å². The van der Waals surface area contributed by atoms with Gasteiger partial charge in [-0.25, -0.2) is 8.78 Å². The number of pyridine rings is 1. The molecule has 0 radical (unpaired) electrons. The van der Waals surface area contributed by atoms with Crippen molar-refractivity contribution in [1.82, 2.24) is 4.57 Å². The van der Waals surface area contributed by atoms with Crippen LogP contribution in [0.25, 0.3) is 0 Å².